The largest absolute Gasteiger partial charge is 0.325 e. The Balaban J connectivity index is 2.31. The molecular formula is C7H11N3. The van der Waals surface area contributed by atoms with Crippen LogP contribution in [0.5, 0.6) is 0 Å². The Morgan fingerprint density at radius 1 is 1.90 bits per heavy atom. The Morgan fingerprint density at radius 2 is 2.70 bits per heavy atom. The number of hydrazine groups is 1. The van der Waals surface area contributed by atoms with Gasteiger partial charge in [-0.25, -0.2) is 5.01 Å². The second-order valence-corrected chi connectivity index (χ2v) is 2.33. The van der Waals surface area contributed by atoms with Crippen molar-refractivity contribution in [2.75, 3.05) is 13.1 Å². The zero-order valence-electron chi connectivity index (χ0n) is 6.09. The van der Waals surface area contributed by atoms with Gasteiger partial charge in [0.25, 0.3) is 0 Å². The molecule has 0 radical (unpaired) electrons. The summed E-state index contributed by atoms with van der Waals surface area (Å²) in [5.74, 6) is 0. The van der Waals surface area contributed by atoms with Gasteiger partial charge in [-0.1, -0.05) is 6.92 Å². The lowest BCUT2D eigenvalue weighted by atomic mass is 10.3. The fourth-order valence-electron chi connectivity index (χ4n) is 0.947. The molecule has 1 aliphatic rings. The van der Waals surface area contributed by atoms with Crippen LogP contribution in [0.2, 0.25) is 0 Å². The van der Waals surface area contributed by atoms with Crippen LogP contribution >= 0.6 is 0 Å². The number of nitrogens with zero attached hydrogens (tertiary/aromatic N) is 2. The van der Waals surface area contributed by atoms with E-state index in [1.54, 1.807) is 6.20 Å². The molecule has 10 heavy (non-hydrogen) atoms. The number of nitriles is 1. The van der Waals surface area contributed by atoms with Gasteiger partial charge in [0.1, 0.15) is 0 Å². The van der Waals surface area contributed by atoms with Gasteiger partial charge in [0, 0.05) is 12.7 Å². The van der Waals surface area contributed by atoms with Gasteiger partial charge in [-0.05, 0) is 6.42 Å². The highest BCUT2D eigenvalue weighted by Crippen LogP contribution is 2.02. The first-order valence-corrected chi connectivity index (χ1v) is 3.47. The Labute approximate surface area is 60.9 Å². The first-order chi connectivity index (χ1) is 4.86. The van der Waals surface area contributed by atoms with Gasteiger partial charge in [0.15, 0.2) is 0 Å². The number of rotatable bonds is 2. The topological polar surface area (TPSA) is 39.1 Å². The van der Waals surface area contributed by atoms with Crippen LogP contribution in [0.4, 0.5) is 0 Å². The van der Waals surface area contributed by atoms with Crippen molar-refractivity contribution in [2.24, 2.45) is 0 Å². The van der Waals surface area contributed by atoms with Crippen LogP contribution in [0.15, 0.2) is 11.8 Å². The van der Waals surface area contributed by atoms with Crippen molar-refractivity contribution in [1.29, 1.82) is 5.26 Å². The highest BCUT2D eigenvalue weighted by atomic mass is 15.5. The molecule has 1 N–H and O–H groups in total. The molecule has 0 bridgehead atoms. The molecule has 0 fully saturated rings. The average Bonchev–Trinajstić information content (AvgIpc) is 2.37. The van der Waals surface area contributed by atoms with Crippen LogP contribution in [-0.4, -0.2) is 18.1 Å². The van der Waals surface area contributed by atoms with Crippen molar-refractivity contribution in [3.05, 3.63) is 11.8 Å². The molecule has 0 aromatic rings. The fraction of sp³-hybridized carbons (Fsp3) is 0.571. The van der Waals surface area contributed by atoms with E-state index in [0.717, 1.165) is 25.1 Å². The number of hydrogen-bond acceptors (Lipinski definition) is 3. The monoisotopic (exact) mass is 137 g/mol. The van der Waals surface area contributed by atoms with Gasteiger partial charge in [0.2, 0.25) is 0 Å². The zero-order valence-corrected chi connectivity index (χ0v) is 6.09. The number of nitrogens with one attached hydrogen (secondary N) is 1. The second kappa shape index (κ2) is 3.23. The van der Waals surface area contributed by atoms with Crippen molar-refractivity contribution in [3.63, 3.8) is 0 Å². The van der Waals surface area contributed by atoms with Gasteiger partial charge >= 0.3 is 0 Å². The molecule has 0 spiro atoms. The van der Waals surface area contributed by atoms with E-state index < -0.39 is 0 Å². The van der Waals surface area contributed by atoms with Crippen LogP contribution in [0.25, 0.3) is 0 Å². The minimum Gasteiger partial charge on any atom is -0.325 e. The van der Waals surface area contributed by atoms with Crippen molar-refractivity contribution in [2.45, 2.75) is 13.3 Å². The van der Waals surface area contributed by atoms with Crippen molar-refractivity contribution in [3.8, 4) is 6.07 Å². The summed E-state index contributed by atoms with van der Waals surface area (Å²) in [6.07, 6.45) is 2.87. The predicted octanol–water partition coefficient (Wildman–Crippen LogP) is 0.624. The molecular weight excluding hydrogens is 126 g/mol. The van der Waals surface area contributed by atoms with Gasteiger partial charge in [0.05, 0.1) is 18.2 Å². The lowest BCUT2D eigenvalue weighted by molar-refractivity contribution is 0.265. The summed E-state index contributed by atoms with van der Waals surface area (Å²) in [5.41, 5.74) is 3.82. The molecule has 3 heteroatoms. The van der Waals surface area contributed by atoms with Gasteiger partial charge in [-0.15, -0.1) is 0 Å². The summed E-state index contributed by atoms with van der Waals surface area (Å²) < 4.78 is 0. The third-order valence-electron chi connectivity index (χ3n) is 1.42. The lowest BCUT2D eigenvalue weighted by Gasteiger charge is -2.13. The van der Waals surface area contributed by atoms with Crippen LogP contribution in [0.1, 0.15) is 13.3 Å². The summed E-state index contributed by atoms with van der Waals surface area (Å²) >= 11 is 0. The molecule has 1 rings (SSSR count). The molecule has 54 valence electrons. The standard InChI is InChI=1S/C7H11N3/c1-2-3-10-6-7(4-8)5-9-10/h5,9H,2-3,6H2,1H3. The Kier molecular flexibility index (Phi) is 2.30. The van der Waals surface area contributed by atoms with Gasteiger partial charge in [-0.2, -0.15) is 5.26 Å². The first-order valence-electron chi connectivity index (χ1n) is 3.47. The Bertz CT molecular complexity index is 178. The van der Waals surface area contributed by atoms with Crippen molar-refractivity contribution >= 4 is 0 Å². The normalized spacial score (nSPS) is 17.8. The van der Waals surface area contributed by atoms with Crippen molar-refractivity contribution in [1.82, 2.24) is 10.4 Å². The molecule has 1 aliphatic heterocycles. The zero-order chi connectivity index (χ0) is 7.40. The maximum absolute atomic E-state index is 8.47. The highest BCUT2D eigenvalue weighted by Gasteiger charge is 2.10. The van der Waals surface area contributed by atoms with Crippen LogP contribution in [0.3, 0.4) is 0 Å². The molecule has 0 aromatic carbocycles. The van der Waals surface area contributed by atoms with Gasteiger partial charge in [-0.3, -0.25) is 0 Å². The van der Waals surface area contributed by atoms with Crippen LogP contribution in [0, 0.1) is 11.3 Å². The van der Waals surface area contributed by atoms with Gasteiger partial charge < -0.3 is 5.43 Å². The van der Waals surface area contributed by atoms with E-state index in [0.29, 0.717) is 0 Å². The third kappa shape index (κ3) is 1.49. The molecule has 3 nitrogen and oxygen atoms in total. The quantitative estimate of drug-likeness (QED) is 0.606. The molecule has 0 amide bonds. The smallest absolute Gasteiger partial charge is 0.0977 e. The second-order valence-electron chi connectivity index (χ2n) is 2.33. The summed E-state index contributed by atoms with van der Waals surface area (Å²) in [7, 11) is 0. The van der Waals surface area contributed by atoms with Crippen LogP contribution in [-0.2, 0) is 0 Å². The molecule has 0 aromatic heterocycles. The molecule has 0 saturated heterocycles. The van der Waals surface area contributed by atoms with Crippen LogP contribution < -0.4 is 5.43 Å². The van der Waals surface area contributed by atoms with E-state index in [2.05, 4.69) is 18.4 Å². The minimum atomic E-state index is 0.754. The predicted molar refractivity (Wildman–Crippen MR) is 38.7 cm³/mol. The summed E-state index contributed by atoms with van der Waals surface area (Å²) in [6, 6.07) is 2.11. The fourth-order valence-corrected chi connectivity index (χ4v) is 0.947. The highest BCUT2D eigenvalue weighted by molar-refractivity contribution is 5.23. The summed E-state index contributed by atoms with van der Waals surface area (Å²) in [4.78, 5) is 0. The average molecular weight is 137 g/mol. The van der Waals surface area contributed by atoms with Crippen molar-refractivity contribution < 1.29 is 0 Å². The summed E-state index contributed by atoms with van der Waals surface area (Å²) in [6.45, 7) is 3.87. The lowest BCUT2D eigenvalue weighted by Crippen LogP contribution is -2.30. The number of hydrogen-bond donors (Lipinski definition) is 1. The first kappa shape index (κ1) is 7.10. The molecule has 1 heterocycles. The van der Waals surface area contributed by atoms with E-state index in [9.17, 15) is 0 Å². The van der Waals surface area contributed by atoms with E-state index in [4.69, 9.17) is 5.26 Å². The molecule has 0 aliphatic carbocycles. The third-order valence-corrected chi connectivity index (χ3v) is 1.42. The maximum Gasteiger partial charge on any atom is 0.0977 e. The Morgan fingerprint density at radius 3 is 3.20 bits per heavy atom. The minimum absolute atomic E-state index is 0.754. The van der Waals surface area contributed by atoms with E-state index >= 15 is 0 Å². The summed E-state index contributed by atoms with van der Waals surface area (Å²) in [5, 5.41) is 10.5. The van der Waals surface area contributed by atoms with E-state index in [1.807, 2.05) is 5.01 Å². The maximum atomic E-state index is 8.47. The molecule has 0 atom stereocenters. The molecule has 0 unspecified atom stereocenters. The van der Waals surface area contributed by atoms with E-state index in [1.165, 1.54) is 0 Å². The SMILES string of the molecule is CCCN1CC(C#N)=CN1. The Hall–Kier alpha value is -1.01. The molecule has 0 saturated carbocycles. The van der Waals surface area contributed by atoms with E-state index in [-0.39, 0.29) is 0 Å².